The molecule has 0 unspecified atom stereocenters. The van der Waals surface area contributed by atoms with Crippen molar-refractivity contribution in [3.63, 3.8) is 0 Å². The second kappa shape index (κ2) is 4.91. The van der Waals surface area contributed by atoms with Gasteiger partial charge in [0.05, 0.1) is 10.0 Å². The van der Waals surface area contributed by atoms with Crippen molar-refractivity contribution >= 4 is 21.9 Å². The van der Waals surface area contributed by atoms with Gasteiger partial charge in [-0.2, -0.15) is 22.0 Å². The van der Waals surface area contributed by atoms with E-state index in [1.807, 2.05) is 0 Å². The Bertz CT molecular complexity index is 513. The van der Waals surface area contributed by atoms with Crippen LogP contribution in [-0.4, -0.2) is 17.2 Å². The second-order valence-corrected chi connectivity index (χ2v) is 3.95. The van der Waals surface area contributed by atoms with E-state index in [4.69, 9.17) is 5.11 Å². The molecule has 0 bridgehead atoms. The van der Waals surface area contributed by atoms with E-state index >= 15 is 0 Å². The van der Waals surface area contributed by atoms with Crippen molar-refractivity contribution in [2.75, 3.05) is 0 Å². The molecule has 106 valence electrons. The molecule has 1 aromatic carbocycles. The van der Waals surface area contributed by atoms with E-state index in [-0.39, 0.29) is 6.07 Å². The number of benzene rings is 1. The molecule has 0 aliphatic heterocycles. The molecule has 0 heterocycles. The summed E-state index contributed by atoms with van der Waals surface area (Å²) < 4.78 is 78.3. The van der Waals surface area contributed by atoms with Gasteiger partial charge in [0, 0.05) is 0 Å². The summed E-state index contributed by atoms with van der Waals surface area (Å²) >= 11 is 2.26. The molecule has 0 aromatic heterocycles. The van der Waals surface area contributed by atoms with Crippen molar-refractivity contribution in [1.82, 2.24) is 0 Å². The van der Waals surface area contributed by atoms with Crippen LogP contribution in [0.5, 0.6) is 5.75 Å². The third-order valence-electron chi connectivity index (χ3n) is 1.83. The van der Waals surface area contributed by atoms with E-state index in [1.54, 1.807) is 0 Å². The standard InChI is InChI=1S/C9H3BrF6O3/c10-5-3(8(12,13)14)1-2-4(11)6(5)19-9(15,16)7(17)18/h1-2H,(H,17,18). The predicted molar refractivity (Wildman–Crippen MR) is 52.3 cm³/mol. The maximum atomic E-state index is 13.2. The highest BCUT2D eigenvalue weighted by molar-refractivity contribution is 9.10. The lowest BCUT2D eigenvalue weighted by Crippen LogP contribution is -2.35. The summed E-state index contributed by atoms with van der Waals surface area (Å²) in [5.41, 5.74) is -1.48. The topological polar surface area (TPSA) is 46.5 Å². The SMILES string of the molecule is O=C(O)C(F)(F)Oc1c(F)ccc(C(F)(F)F)c1Br. The summed E-state index contributed by atoms with van der Waals surface area (Å²) in [6, 6.07) is 0.534. The molecular weight excluding hydrogens is 350 g/mol. The summed E-state index contributed by atoms with van der Waals surface area (Å²) in [4.78, 5) is 10.1. The highest BCUT2D eigenvalue weighted by Gasteiger charge is 2.45. The van der Waals surface area contributed by atoms with Gasteiger partial charge in [0.25, 0.3) is 0 Å². The normalized spacial score (nSPS) is 12.4. The van der Waals surface area contributed by atoms with E-state index < -0.39 is 39.9 Å². The Morgan fingerprint density at radius 3 is 2.16 bits per heavy atom. The summed E-state index contributed by atoms with van der Waals surface area (Å²) in [6.07, 6.45) is -9.82. The summed E-state index contributed by atoms with van der Waals surface area (Å²) in [6.45, 7) is 0. The van der Waals surface area contributed by atoms with Gasteiger partial charge in [-0.25, -0.2) is 9.18 Å². The maximum absolute atomic E-state index is 13.2. The van der Waals surface area contributed by atoms with E-state index in [2.05, 4.69) is 20.7 Å². The van der Waals surface area contributed by atoms with Crippen LogP contribution >= 0.6 is 15.9 Å². The van der Waals surface area contributed by atoms with Gasteiger partial charge in [0.2, 0.25) is 0 Å². The van der Waals surface area contributed by atoms with E-state index in [0.717, 1.165) is 0 Å². The zero-order valence-corrected chi connectivity index (χ0v) is 10.2. The van der Waals surface area contributed by atoms with E-state index in [0.29, 0.717) is 6.07 Å². The van der Waals surface area contributed by atoms with Crippen LogP contribution in [0.3, 0.4) is 0 Å². The number of carbonyl (C=O) groups is 1. The number of rotatable bonds is 3. The third kappa shape index (κ3) is 3.31. The molecule has 19 heavy (non-hydrogen) atoms. The Kier molecular flexibility index (Phi) is 4.03. The van der Waals surface area contributed by atoms with E-state index in [9.17, 15) is 31.1 Å². The monoisotopic (exact) mass is 352 g/mol. The van der Waals surface area contributed by atoms with Crippen LogP contribution in [0.4, 0.5) is 26.3 Å². The van der Waals surface area contributed by atoms with Crippen molar-refractivity contribution in [3.05, 3.63) is 28.0 Å². The number of hydrogen-bond acceptors (Lipinski definition) is 2. The Morgan fingerprint density at radius 1 is 1.21 bits per heavy atom. The molecule has 1 N–H and O–H groups in total. The molecule has 0 saturated carbocycles. The highest BCUT2D eigenvalue weighted by Crippen LogP contribution is 2.42. The van der Waals surface area contributed by atoms with Crippen LogP contribution in [0.1, 0.15) is 5.56 Å². The highest BCUT2D eigenvalue weighted by atomic mass is 79.9. The number of alkyl halides is 5. The van der Waals surface area contributed by atoms with Gasteiger partial charge in [-0.1, -0.05) is 0 Å². The van der Waals surface area contributed by atoms with Gasteiger partial charge in [-0.3, -0.25) is 0 Å². The van der Waals surface area contributed by atoms with Crippen LogP contribution in [0.15, 0.2) is 16.6 Å². The largest absolute Gasteiger partial charge is 0.502 e. The van der Waals surface area contributed by atoms with Gasteiger partial charge in [0.1, 0.15) is 0 Å². The number of halogens is 7. The first-order valence-electron chi connectivity index (χ1n) is 4.32. The minimum Gasteiger partial charge on any atom is -0.474 e. The summed E-state index contributed by atoms with van der Waals surface area (Å²) in [7, 11) is 0. The Hall–Kier alpha value is -1.45. The number of hydrogen-bond donors (Lipinski definition) is 1. The molecule has 0 saturated heterocycles. The van der Waals surface area contributed by atoms with Gasteiger partial charge in [-0.05, 0) is 28.1 Å². The third-order valence-corrected chi connectivity index (χ3v) is 2.62. The first kappa shape index (κ1) is 15.6. The molecule has 0 aliphatic rings. The molecular formula is C9H3BrF6O3. The van der Waals surface area contributed by atoms with Crippen LogP contribution in [-0.2, 0) is 11.0 Å². The van der Waals surface area contributed by atoms with Crippen molar-refractivity contribution in [3.8, 4) is 5.75 Å². The molecule has 3 nitrogen and oxygen atoms in total. The smallest absolute Gasteiger partial charge is 0.474 e. The fraction of sp³-hybridized carbons (Fsp3) is 0.222. The molecule has 1 rings (SSSR count). The van der Waals surface area contributed by atoms with Crippen LogP contribution in [0, 0.1) is 5.82 Å². The van der Waals surface area contributed by atoms with Crippen molar-refractivity contribution in [2.45, 2.75) is 12.3 Å². The minimum atomic E-state index is -4.96. The lowest BCUT2D eigenvalue weighted by atomic mass is 10.2. The number of carboxylic acids is 1. The van der Waals surface area contributed by atoms with Crippen molar-refractivity contribution in [1.29, 1.82) is 0 Å². The lowest BCUT2D eigenvalue weighted by Gasteiger charge is -2.17. The molecule has 0 spiro atoms. The van der Waals surface area contributed by atoms with Crippen LogP contribution in [0.25, 0.3) is 0 Å². The summed E-state index contributed by atoms with van der Waals surface area (Å²) in [5.74, 6) is -5.88. The zero-order chi connectivity index (χ0) is 15.0. The molecule has 0 amide bonds. The first-order valence-corrected chi connectivity index (χ1v) is 5.11. The lowest BCUT2D eigenvalue weighted by molar-refractivity contribution is -0.211. The summed E-state index contributed by atoms with van der Waals surface area (Å²) in [5, 5.41) is 8.08. The molecule has 10 heteroatoms. The van der Waals surface area contributed by atoms with Crippen LogP contribution < -0.4 is 4.74 Å². The molecule has 0 atom stereocenters. The van der Waals surface area contributed by atoms with Crippen molar-refractivity contribution < 1.29 is 41.0 Å². The van der Waals surface area contributed by atoms with Gasteiger partial charge in [-0.15, -0.1) is 0 Å². The average molecular weight is 353 g/mol. The van der Waals surface area contributed by atoms with Crippen molar-refractivity contribution in [2.24, 2.45) is 0 Å². The second-order valence-electron chi connectivity index (χ2n) is 3.16. The van der Waals surface area contributed by atoms with E-state index in [1.165, 1.54) is 0 Å². The Labute approximate surface area is 109 Å². The maximum Gasteiger partial charge on any atom is 0.502 e. The predicted octanol–water partition coefficient (Wildman–Crippen LogP) is 3.66. The molecule has 0 aliphatic carbocycles. The number of ether oxygens (including phenoxy) is 1. The fourth-order valence-corrected chi connectivity index (χ4v) is 1.64. The Morgan fingerprint density at radius 2 is 1.74 bits per heavy atom. The molecule has 0 radical (unpaired) electrons. The fourth-order valence-electron chi connectivity index (χ4n) is 1.02. The zero-order valence-electron chi connectivity index (χ0n) is 8.56. The van der Waals surface area contributed by atoms with Gasteiger partial charge < -0.3 is 9.84 Å². The minimum absolute atomic E-state index is 0.237. The Balaban J connectivity index is 3.33. The van der Waals surface area contributed by atoms with Crippen LogP contribution in [0.2, 0.25) is 0 Å². The first-order chi connectivity index (χ1) is 8.47. The number of aliphatic carboxylic acids is 1. The van der Waals surface area contributed by atoms with Gasteiger partial charge in [0.15, 0.2) is 11.6 Å². The molecule has 0 fully saturated rings. The van der Waals surface area contributed by atoms with Gasteiger partial charge >= 0.3 is 18.3 Å². The molecule has 1 aromatic rings. The quantitative estimate of drug-likeness (QED) is 0.844. The average Bonchev–Trinajstić information content (AvgIpc) is 2.21. The number of carboxylic acid groups (broad SMARTS) is 1.